The van der Waals surface area contributed by atoms with Gasteiger partial charge in [-0.25, -0.2) is 0 Å². The molecule has 0 radical (unpaired) electrons. The molecule has 0 aromatic carbocycles. The second-order valence-electron chi connectivity index (χ2n) is 12.6. The van der Waals surface area contributed by atoms with Crippen LogP contribution in [0.3, 0.4) is 0 Å². The standard InChI is InChI=1S/CH3IN140/c2-1-4-6-8-10-12-14-16-18-20-22-24-26-28-30-32-34-36-38-40-42-44-46-48-50-52-54-56-58-60-62-64-66-68-70-72-74-76-78-80-82-84-86-88-90-92-94-96-98-100-102-104-106-108-110-112-114-116-118-120-122-124-126-128-130-132-134-136-138-140-142-141-139-137-135-133-131-129-127-125-123-121-119-117-115-113-111-109-107-105-103-101-99-97-95-93-91-89-87-85-83-81-79-77-75-73-71-69-67-65-63-61-59-57-55-53-51-49-47-45-43-41-39-37-35-33-31-29-27-25-23-21-19-17-15-13-11-9-7-5-3/h1H,(H2,3,6,7,10,11,14,15,18,19,22,23,26,27,30,31,34,35,38,39,42,43,46,47,50,51,54,55,58,59,62,63,66,67,70,71,74,75,78,79,82,83,86,87,90,91,94,95,98,99,102,103,106,107,110,111,114,115,118,119,122,123,126,127,130,131,134,135,138,139,142). The van der Waals surface area contributed by atoms with Gasteiger partial charge in [0.2, 0.25) is 0 Å². The zero-order valence-electron chi connectivity index (χ0n) is 63.7. The summed E-state index contributed by atoms with van der Waals surface area (Å²) in [7, 11) is 0. The average Bonchev–Trinajstić information content (AvgIpc) is 1.10. The van der Waals surface area contributed by atoms with Crippen LogP contribution in [0.2, 0.25) is 0 Å². The van der Waals surface area contributed by atoms with E-state index in [1.807, 2.05) is 22.6 Å². The Labute approximate surface area is 757 Å². The third-order valence-electron chi connectivity index (χ3n) is 5.59. The molecule has 0 heterocycles. The van der Waals surface area contributed by atoms with Crippen molar-refractivity contribution in [3.8, 4) is 0 Å². The predicted octanol–water partition coefficient (Wildman–Crippen LogP) is 25.7. The second-order valence-corrected chi connectivity index (χ2v) is 13.1. The van der Waals surface area contributed by atoms with E-state index in [4.69, 9.17) is 0 Å². The fourth-order valence-corrected chi connectivity index (χ4v) is 2.59. The maximum absolute atomic E-state index is 4.64. The molecule has 0 aromatic heterocycles. The SMILES string of the molecule is NN=NN=NN=NN=NN=NN=NN=NN=NN=NN=NN=NN=NN=NN=NN=NN=NN=NN=NN=NN=NN=NN=NN=NN=NN=NN=NN=NN=NN=NN=NN=NN=NN=NN=NN=NN=NN=NN=NN=NN=NN=NN=NN=NN=NN=NN=NN=NN=NN=NN=NN=NN=NN=NN=NN=NN=NN=NN=NN=NN=NN=NN=NN=NN=NN=NN=NN=NN=NN=NN=CI. The summed E-state index contributed by atoms with van der Waals surface area (Å²) in [5.74, 6) is 4.64. The van der Waals surface area contributed by atoms with Crippen molar-refractivity contribution in [3.05, 3.63) is 0 Å². The van der Waals surface area contributed by atoms with Gasteiger partial charge in [-0.2, -0.15) is 0 Å². The third kappa shape index (κ3) is 113. The van der Waals surface area contributed by atoms with Crippen molar-refractivity contribution >= 4 is 26.8 Å². The Kier molecular flexibility index (Phi) is 91.7. The quantitative estimate of drug-likeness (QED) is 0.0200. The molecule has 141 heteroatoms. The minimum atomic E-state index is 1.33. The van der Waals surface area contributed by atoms with Gasteiger partial charge < -0.3 is 5.84 Å². The zero-order chi connectivity index (χ0) is 101. The molecule has 0 aliphatic heterocycles. The highest BCUT2D eigenvalue weighted by Crippen LogP contribution is 2.03. The van der Waals surface area contributed by atoms with Crippen LogP contribution in [-0.4, -0.2) is 4.22 Å². The van der Waals surface area contributed by atoms with Crippen LogP contribution >= 0.6 is 22.6 Å². The van der Waals surface area contributed by atoms with Crippen LogP contribution in [0.4, 0.5) is 0 Å². The first-order valence-electron chi connectivity index (χ1n) is 28.3. The first kappa shape index (κ1) is 115. The van der Waals surface area contributed by atoms with Gasteiger partial charge in [0.1, 0.15) is 0 Å². The molecule has 0 rings (SSSR count). The molecular formula is CH3IN140. The summed E-state index contributed by atoms with van der Waals surface area (Å²) < 4.78 is 1.33. The summed E-state index contributed by atoms with van der Waals surface area (Å²) in [4.78, 5) is 0. The summed E-state index contributed by atoms with van der Waals surface area (Å²) in [6.07, 6.45) is 0. The van der Waals surface area contributed by atoms with Crippen molar-refractivity contribution in [1.82, 2.24) is 0 Å². The molecule has 0 aromatic rings. The number of hydrogen-bond donors (Lipinski definition) is 1. The molecule has 0 saturated carbocycles. The number of rotatable bonds is 69. The Balaban J connectivity index is 4.14. The first-order chi connectivity index (χ1) is 70.9. The van der Waals surface area contributed by atoms with Gasteiger partial charge in [0.05, 0.1) is 4.22 Å². The minimum Gasteiger partial charge on any atom is -0.303 e. The van der Waals surface area contributed by atoms with Crippen LogP contribution in [0.5, 0.6) is 0 Å². The summed E-state index contributed by atoms with van der Waals surface area (Å²) in [6.45, 7) is 0. The van der Waals surface area contributed by atoms with Crippen LogP contribution < -0.4 is 5.84 Å². The van der Waals surface area contributed by atoms with Crippen LogP contribution in [0.15, 0.2) is 726 Å². The van der Waals surface area contributed by atoms with Crippen molar-refractivity contribution in [2.24, 2.45) is 732 Å². The van der Waals surface area contributed by atoms with Crippen molar-refractivity contribution in [3.63, 3.8) is 0 Å². The molecule has 714 valence electrons. The first-order valence-corrected chi connectivity index (χ1v) is 29.6. The lowest BCUT2D eigenvalue weighted by Crippen LogP contribution is -1.70. The molecule has 2 N–H and O–H groups in total. The third-order valence-corrected chi connectivity index (χ3v) is 5.84. The van der Waals surface area contributed by atoms with E-state index in [-0.39, 0.29) is 0 Å². The number of nitrogens with zero attached hydrogens (tertiary/aromatic N) is 139. The van der Waals surface area contributed by atoms with Crippen LogP contribution in [0.1, 0.15) is 0 Å². The fourth-order valence-electron chi connectivity index (χ4n) is 2.48. The summed E-state index contributed by atoms with van der Waals surface area (Å²) >= 11 is 1.81. The van der Waals surface area contributed by atoms with Crippen molar-refractivity contribution < 1.29 is 0 Å². The molecule has 0 saturated heterocycles. The van der Waals surface area contributed by atoms with E-state index in [0.717, 1.165) is 0 Å². The lowest BCUT2D eigenvalue weighted by atomic mass is 11.7. The zero-order valence-corrected chi connectivity index (χ0v) is 65.9. The average molecular weight is 2100 g/mol. The maximum atomic E-state index is 4.64. The fraction of sp³-hybridized carbons (Fsp3) is 0. The Hall–Kier alpha value is -27.4. The lowest BCUT2D eigenvalue weighted by Gasteiger charge is -1.71. The largest absolute Gasteiger partial charge is 0.303 e. The van der Waals surface area contributed by atoms with Gasteiger partial charge >= 0.3 is 0 Å². The van der Waals surface area contributed by atoms with Crippen LogP contribution in [0.25, 0.3) is 0 Å². The van der Waals surface area contributed by atoms with Gasteiger partial charge in [-0.3, -0.25) is 0 Å². The van der Waals surface area contributed by atoms with Crippen molar-refractivity contribution in [1.29, 1.82) is 0 Å². The van der Waals surface area contributed by atoms with Crippen LogP contribution in [-0.2, 0) is 0 Å². The van der Waals surface area contributed by atoms with E-state index in [1.54, 1.807) is 0 Å². The van der Waals surface area contributed by atoms with Gasteiger partial charge in [0, 0.05) is 637 Å². The number of hydrogen-bond acceptors (Lipinski definition) is 2. The molecule has 0 spiro atoms. The van der Waals surface area contributed by atoms with E-state index in [9.17, 15) is 0 Å². The molecule has 0 fully saturated rings. The highest BCUT2D eigenvalue weighted by molar-refractivity contribution is 14.1. The second kappa shape index (κ2) is 114. The van der Waals surface area contributed by atoms with Gasteiger partial charge in [-0.1, -0.05) is 5.22 Å². The molecule has 140 nitrogen and oxygen atoms in total. The molecule has 0 atom stereocenters. The maximum Gasteiger partial charge on any atom is 0.0897 e. The topological polar surface area (TPSA) is 1740 Å². The Morgan fingerprint density at radius 1 is 0.0704 bits per heavy atom. The minimum absolute atomic E-state index is 1.33. The van der Waals surface area contributed by atoms with E-state index in [0.29, 0.717) is 0 Å². The summed E-state index contributed by atoms with van der Waals surface area (Å²) in [6, 6.07) is 0. The molecule has 0 bridgehead atoms. The molecule has 0 aliphatic carbocycles. The molecular weight excluding hydrogens is 2100 g/mol. The van der Waals surface area contributed by atoms with Gasteiger partial charge in [0.15, 0.2) is 0 Å². The molecule has 0 unspecified atom stereocenters. The van der Waals surface area contributed by atoms with Gasteiger partial charge in [0.25, 0.3) is 0 Å². The van der Waals surface area contributed by atoms with E-state index >= 15 is 0 Å². The Morgan fingerprint density at radius 2 is 0.113 bits per heavy atom. The predicted molar refractivity (Wildman–Crippen MR) is 362 cm³/mol. The summed E-state index contributed by atoms with van der Waals surface area (Å²) in [5.41, 5.74) is 0. The van der Waals surface area contributed by atoms with E-state index in [1.165, 1.54) is 4.22 Å². The smallest absolute Gasteiger partial charge is 0.0897 e. The highest BCUT2D eigenvalue weighted by atomic mass is 127. The number of nitrogens with two attached hydrogens (primary N) is 1. The number of halogens is 1. The molecule has 0 aliphatic rings. The van der Waals surface area contributed by atoms with Crippen molar-refractivity contribution in [2.75, 3.05) is 0 Å². The van der Waals surface area contributed by atoms with Gasteiger partial charge in [-0.05, 0) is 101 Å². The van der Waals surface area contributed by atoms with Crippen LogP contribution in [0, 0.1) is 0 Å². The molecule has 142 heavy (non-hydrogen) atoms. The molecule has 0 amide bonds. The van der Waals surface area contributed by atoms with E-state index < -0.39 is 0 Å². The highest BCUT2D eigenvalue weighted by Gasteiger charge is 1.84. The van der Waals surface area contributed by atoms with Crippen molar-refractivity contribution in [2.45, 2.75) is 0 Å². The Morgan fingerprint density at radius 3 is 0.155 bits per heavy atom. The lowest BCUT2D eigenvalue weighted by molar-refractivity contribution is 0.722. The Bertz CT molecular complexity index is 4860. The summed E-state index contributed by atoms with van der Waals surface area (Å²) in [5, 5.41) is 417. The normalized spacial score (nSPS) is 15.8. The van der Waals surface area contributed by atoms with Gasteiger partial charge in [-0.15, -0.1) is 5.10 Å². The van der Waals surface area contributed by atoms with E-state index in [2.05, 4.69) is 732 Å². The monoisotopic (exact) mass is 2100 g/mol.